The fourth-order valence-electron chi connectivity index (χ4n) is 3.58. The van der Waals surface area contributed by atoms with Gasteiger partial charge in [-0.15, -0.1) is 0 Å². The third-order valence-corrected chi connectivity index (χ3v) is 5.24. The molecule has 0 amide bonds. The van der Waals surface area contributed by atoms with Crippen LogP contribution in [-0.2, 0) is 12.5 Å². The van der Waals surface area contributed by atoms with Crippen molar-refractivity contribution in [3.63, 3.8) is 0 Å². The summed E-state index contributed by atoms with van der Waals surface area (Å²) in [5.41, 5.74) is 7.92. The Hall–Kier alpha value is -2.66. The van der Waals surface area contributed by atoms with Gasteiger partial charge in [0.25, 0.3) is 0 Å². The molecule has 1 aromatic heterocycles. The number of para-hydroxylation sites is 1. The van der Waals surface area contributed by atoms with E-state index in [0.717, 1.165) is 22.2 Å². The number of rotatable bonds is 2. The van der Waals surface area contributed by atoms with Crippen LogP contribution in [0.1, 0.15) is 36.1 Å². The first kappa shape index (κ1) is 17.2. The minimum absolute atomic E-state index is 0.546. The van der Waals surface area contributed by atoms with Crippen LogP contribution in [0, 0.1) is 32.1 Å². The maximum absolute atomic E-state index is 9.72. The van der Waals surface area contributed by atoms with Gasteiger partial charge in [-0.1, -0.05) is 23.8 Å². The molecule has 0 unspecified atom stereocenters. The molecule has 2 heteroatoms. The van der Waals surface area contributed by atoms with Crippen molar-refractivity contribution in [1.29, 1.82) is 5.26 Å². The normalized spacial score (nSPS) is 11.6. The Balaban J connectivity index is 2.46. The van der Waals surface area contributed by atoms with Gasteiger partial charge >= 0.3 is 0 Å². The van der Waals surface area contributed by atoms with Crippen LogP contribution in [0.2, 0.25) is 0 Å². The Morgan fingerprint density at radius 2 is 1.68 bits per heavy atom. The molecule has 0 fully saturated rings. The molecule has 2 aromatic carbocycles. The van der Waals surface area contributed by atoms with Crippen LogP contribution in [0.5, 0.6) is 0 Å². The topological polar surface area (TPSA) is 27.7 Å². The first-order valence-corrected chi connectivity index (χ1v) is 8.68. The summed E-state index contributed by atoms with van der Waals surface area (Å²) in [5.74, 6) is 0. The first-order chi connectivity index (χ1) is 11.8. The Bertz CT molecular complexity index is 1020. The van der Waals surface area contributed by atoms with Gasteiger partial charge in [0, 0.05) is 17.7 Å². The number of aromatic nitrogens is 1. The van der Waals surface area contributed by atoms with Gasteiger partial charge in [-0.05, 0) is 63.4 Å². The van der Waals surface area contributed by atoms with E-state index >= 15 is 0 Å². The van der Waals surface area contributed by atoms with Gasteiger partial charge < -0.3 is 0 Å². The molecular formula is C23H25N2+. The molecule has 0 aliphatic carbocycles. The number of nitrogens with zero attached hydrogens (tertiary/aromatic N) is 2. The van der Waals surface area contributed by atoms with E-state index in [-0.39, 0.29) is 0 Å². The zero-order chi connectivity index (χ0) is 18.4. The van der Waals surface area contributed by atoms with Crippen LogP contribution < -0.4 is 4.57 Å². The summed E-state index contributed by atoms with van der Waals surface area (Å²) in [6, 6.07) is 17.5. The molecule has 0 N–H and O–H groups in total. The van der Waals surface area contributed by atoms with Crippen molar-refractivity contribution < 1.29 is 4.57 Å². The van der Waals surface area contributed by atoms with Crippen molar-refractivity contribution in [2.24, 2.45) is 7.05 Å². The van der Waals surface area contributed by atoms with Crippen molar-refractivity contribution in [2.45, 2.75) is 40.0 Å². The molecule has 1 heterocycles. The van der Waals surface area contributed by atoms with Gasteiger partial charge in [0.15, 0.2) is 0 Å². The lowest BCUT2D eigenvalue weighted by Gasteiger charge is -2.19. The number of hydrogen-bond donors (Lipinski definition) is 0. The van der Waals surface area contributed by atoms with Crippen molar-refractivity contribution >= 4 is 10.9 Å². The average Bonchev–Trinajstić information content (AvgIpc) is 2.58. The van der Waals surface area contributed by atoms with E-state index in [1.165, 1.54) is 22.3 Å². The summed E-state index contributed by atoms with van der Waals surface area (Å²) < 4.78 is 2.24. The van der Waals surface area contributed by atoms with Crippen LogP contribution in [0.3, 0.4) is 0 Å². The molecule has 25 heavy (non-hydrogen) atoms. The van der Waals surface area contributed by atoms with E-state index in [0.29, 0.717) is 0 Å². The minimum Gasteiger partial charge on any atom is -0.197 e. The second-order valence-electron chi connectivity index (χ2n) is 7.51. The minimum atomic E-state index is -0.546. The summed E-state index contributed by atoms with van der Waals surface area (Å²) in [6.07, 6.45) is 0. The van der Waals surface area contributed by atoms with Crippen molar-refractivity contribution in [2.75, 3.05) is 0 Å². The van der Waals surface area contributed by atoms with Gasteiger partial charge in [0.05, 0.1) is 16.9 Å². The Morgan fingerprint density at radius 3 is 2.36 bits per heavy atom. The molecular weight excluding hydrogens is 304 g/mol. The molecule has 3 rings (SSSR count). The predicted molar refractivity (Wildman–Crippen MR) is 103 cm³/mol. The predicted octanol–water partition coefficient (Wildman–Crippen LogP) is 5.06. The van der Waals surface area contributed by atoms with E-state index < -0.39 is 5.41 Å². The number of aryl methyl sites for hydroxylation is 3. The van der Waals surface area contributed by atoms with E-state index in [4.69, 9.17) is 0 Å². The van der Waals surface area contributed by atoms with E-state index in [1.807, 2.05) is 19.9 Å². The maximum atomic E-state index is 9.72. The van der Waals surface area contributed by atoms with Gasteiger partial charge in [0.2, 0.25) is 11.2 Å². The molecule has 0 saturated heterocycles. The van der Waals surface area contributed by atoms with Crippen LogP contribution in [0.4, 0.5) is 0 Å². The highest BCUT2D eigenvalue weighted by molar-refractivity contribution is 5.83. The number of hydrogen-bond acceptors (Lipinski definition) is 1. The van der Waals surface area contributed by atoms with Crippen LogP contribution in [0.25, 0.3) is 22.2 Å². The highest BCUT2D eigenvalue weighted by atomic mass is 14.9. The Labute approximate surface area is 150 Å². The molecule has 2 nitrogen and oxygen atoms in total. The number of pyridine rings is 1. The summed E-state index contributed by atoms with van der Waals surface area (Å²) in [6.45, 7) is 10.5. The fraction of sp³-hybridized carbons (Fsp3) is 0.304. The largest absolute Gasteiger partial charge is 0.213 e. The second kappa shape index (κ2) is 6.01. The molecule has 0 atom stereocenters. The molecule has 0 aliphatic heterocycles. The molecule has 0 aliphatic rings. The van der Waals surface area contributed by atoms with Gasteiger partial charge in [-0.25, -0.2) is 0 Å². The SMILES string of the molecule is Cc1cc(C)c(C)c(-c2cc(C(C)(C)C#N)c3ccccc3[n+]2C)c1. The Morgan fingerprint density at radius 1 is 1.00 bits per heavy atom. The smallest absolute Gasteiger partial charge is 0.197 e. The zero-order valence-electron chi connectivity index (χ0n) is 15.9. The van der Waals surface area contributed by atoms with Crippen molar-refractivity contribution in [3.8, 4) is 17.3 Å². The number of benzene rings is 2. The second-order valence-corrected chi connectivity index (χ2v) is 7.51. The first-order valence-electron chi connectivity index (χ1n) is 8.68. The lowest BCUT2D eigenvalue weighted by molar-refractivity contribution is -0.633. The van der Waals surface area contributed by atoms with Crippen LogP contribution >= 0.6 is 0 Å². The number of fused-ring (bicyclic) bond motifs is 1. The van der Waals surface area contributed by atoms with Crippen LogP contribution in [-0.4, -0.2) is 0 Å². The average molecular weight is 329 g/mol. The maximum Gasteiger partial charge on any atom is 0.213 e. The van der Waals surface area contributed by atoms with Gasteiger partial charge in [0.1, 0.15) is 7.05 Å². The summed E-state index contributed by atoms with van der Waals surface area (Å²) in [5, 5.41) is 10.9. The zero-order valence-corrected chi connectivity index (χ0v) is 15.9. The summed E-state index contributed by atoms with van der Waals surface area (Å²) >= 11 is 0. The molecule has 0 spiro atoms. The quantitative estimate of drug-likeness (QED) is 0.604. The monoisotopic (exact) mass is 329 g/mol. The summed E-state index contributed by atoms with van der Waals surface area (Å²) in [4.78, 5) is 0. The third kappa shape index (κ3) is 2.81. The lowest BCUT2D eigenvalue weighted by Crippen LogP contribution is -2.34. The van der Waals surface area contributed by atoms with Crippen molar-refractivity contribution in [1.82, 2.24) is 0 Å². The molecule has 0 radical (unpaired) electrons. The van der Waals surface area contributed by atoms with Gasteiger partial charge in [-0.3, -0.25) is 0 Å². The summed E-state index contributed by atoms with van der Waals surface area (Å²) in [7, 11) is 2.11. The van der Waals surface area contributed by atoms with Crippen molar-refractivity contribution in [3.05, 3.63) is 64.7 Å². The molecule has 0 saturated carbocycles. The van der Waals surface area contributed by atoms with Crippen LogP contribution in [0.15, 0.2) is 42.5 Å². The fourth-order valence-corrected chi connectivity index (χ4v) is 3.58. The Kier molecular flexibility index (Phi) is 4.13. The molecule has 0 bridgehead atoms. The standard InChI is InChI=1S/C23H25N2/c1-15-11-16(2)17(3)19(12-15)22-13-20(23(4,5)14-24)18-9-7-8-10-21(18)25(22)6/h7-13H,1-6H3/q+1. The van der Waals surface area contributed by atoms with Gasteiger partial charge in [-0.2, -0.15) is 9.83 Å². The molecule has 126 valence electrons. The van der Waals surface area contributed by atoms with E-state index in [9.17, 15) is 5.26 Å². The molecule has 3 aromatic rings. The van der Waals surface area contributed by atoms with E-state index in [1.54, 1.807) is 0 Å². The van der Waals surface area contributed by atoms with E-state index in [2.05, 4.69) is 74.9 Å². The highest BCUT2D eigenvalue weighted by Crippen LogP contribution is 2.33. The third-order valence-electron chi connectivity index (χ3n) is 5.24. The lowest BCUT2D eigenvalue weighted by atomic mass is 9.82. The highest BCUT2D eigenvalue weighted by Gasteiger charge is 2.28. The number of nitriles is 1.